The van der Waals surface area contributed by atoms with Crippen molar-refractivity contribution in [1.82, 2.24) is 44.8 Å². The van der Waals surface area contributed by atoms with Gasteiger partial charge in [-0.25, -0.2) is 82.2 Å². The van der Waals surface area contributed by atoms with Crippen molar-refractivity contribution in [3.05, 3.63) is 78.9 Å². The number of carbonyl (C=O) groups is 3. The average Bonchev–Trinajstić information content (AvgIpc) is 1.67. The molecule has 0 aromatic carbocycles. The Morgan fingerprint density at radius 3 is 1.22 bits per heavy atom. The summed E-state index contributed by atoms with van der Waals surface area (Å²) < 4.78 is 173. The number of halogens is 6. The zero-order valence-corrected chi connectivity index (χ0v) is 84.6. The molecule has 4 aliphatic rings. The molecule has 0 saturated carbocycles. The zero-order chi connectivity index (χ0) is 90.4. The van der Waals surface area contributed by atoms with Crippen molar-refractivity contribution < 1.29 is 155 Å². The summed E-state index contributed by atoms with van der Waals surface area (Å²) in [4.78, 5) is 77.2. The first-order chi connectivity index (χ1) is 56.6. The average molecular weight is 2050 g/mol. The second-order valence-corrected chi connectivity index (χ2v) is 41.0. The molecule has 8 aromatic heterocycles. The van der Waals surface area contributed by atoms with E-state index in [1.807, 2.05) is 46.4 Å². The Hall–Kier alpha value is -5.54. The van der Waals surface area contributed by atoms with Crippen molar-refractivity contribution in [1.29, 1.82) is 0 Å². The van der Waals surface area contributed by atoms with Crippen LogP contribution in [0, 0.1) is 13.8 Å². The number of thiophene rings is 2. The van der Waals surface area contributed by atoms with Gasteiger partial charge in [0, 0.05) is 140 Å². The minimum Gasteiger partial charge on any atom is -1.00 e. The Balaban J connectivity index is 0.000000532. The largest absolute Gasteiger partial charge is 1.00 e. The molecule has 0 N–H and O–H groups in total. The number of morpholine rings is 2. The number of amides is 2. The molecule has 2 amide bonds. The molecule has 48 heteroatoms. The van der Waals surface area contributed by atoms with E-state index in [2.05, 4.69) is 94.0 Å². The molecule has 0 aliphatic carbocycles. The van der Waals surface area contributed by atoms with Gasteiger partial charge in [-0.3, -0.25) is 23.0 Å². The Morgan fingerprint density at radius 1 is 0.552 bits per heavy atom. The number of rotatable bonds is 21. The van der Waals surface area contributed by atoms with E-state index in [-0.39, 0.29) is 111 Å². The first-order valence-corrected chi connectivity index (χ1v) is 49.2. The maximum atomic E-state index is 12.6. The van der Waals surface area contributed by atoms with Crippen LogP contribution in [0.1, 0.15) is 124 Å². The summed E-state index contributed by atoms with van der Waals surface area (Å²) in [5, 5.41) is -0.361. The molecule has 4 saturated heterocycles. The molecule has 12 heterocycles. The number of pyridine rings is 4. The minimum absolute atomic E-state index is 0. The van der Waals surface area contributed by atoms with Crippen LogP contribution < -0.4 is 104 Å². The van der Waals surface area contributed by atoms with Gasteiger partial charge < -0.3 is 61.9 Å². The van der Waals surface area contributed by atoms with E-state index in [1.165, 1.54) is 105 Å². The number of hydrogen-bond donors (Lipinski definition) is 0. The first-order valence-electron chi connectivity index (χ1n) is 37.8. The zero-order valence-electron chi connectivity index (χ0n) is 72.7. The van der Waals surface area contributed by atoms with Crippen molar-refractivity contribution in [2.45, 2.75) is 140 Å². The third-order valence-electron chi connectivity index (χ3n) is 18.4. The number of methoxy groups -OCH3 is 4. The number of ether oxygens (including phenoxy) is 7. The molecular formula is C77H112B2Br2ClF3KN13O20S6. The molecule has 0 radical (unpaired) electrons. The number of sulfonamides is 2. The molecule has 4 aliphatic heterocycles. The summed E-state index contributed by atoms with van der Waals surface area (Å²) in [5.74, 6) is -0.280. The number of hydrogen-bond acceptors (Lipinski definition) is 33. The number of fused-ring (bicyclic) bond motifs is 2. The number of carbonyl (C=O) groups excluding carboxylic acids is 3. The Labute approximate surface area is 805 Å². The number of aryl methyl sites for hydroxylation is 2. The van der Waals surface area contributed by atoms with E-state index in [9.17, 15) is 56.7 Å². The van der Waals surface area contributed by atoms with Gasteiger partial charge in [0.05, 0.1) is 120 Å². The van der Waals surface area contributed by atoms with E-state index >= 15 is 0 Å². The molecule has 33 nitrogen and oxygen atoms in total. The van der Waals surface area contributed by atoms with E-state index in [0.717, 1.165) is 95.3 Å². The fourth-order valence-electron chi connectivity index (χ4n) is 12.0. The monoisotopic (exact) mass is 2040 g/mol. The van der Waals surface area contributed by atoms with Crippen LogP contribution in [0.2, 0.25) is 0 Å². The van der Waals surface area contributed by atoms with Crippen LogP contribution >= 0.6 is 66.1 Å². The van der Waals surface area contributed by atoms with Crippen LogP contribution in [0.4, 0.5) is 31.9 Å². The Kier molecular flexibility index (Phi) is 48.0. The van der Waals surface area contributed by atoms with E-state index in [1.54, 1.807) is 48.1 Å². The molecule has 4 fully saturated rings. The molecule has 0 spiro atoms. The number of nitrogens with zero attached hydrogens (tertiary/aromatic N) is 13. The summed E-state index contributed by atoms with van der Waals surface area (Å²) in [5.41, 5.74) is 4.11. The van der Waals surface area contributed by atoms with Crippen LogP contribution in [0.25, 0.3) is 42.9 Å². The summed E-state index contributed by atoms with van der Waals surface area (Å²) >= 11 is 15.0. The van der Waals surface area contributed by atoms with Crippen LogP contribution in [0.15, 0.2) is 58.0 Å². The van der Waals surface area contributed by atoms with Gasteiger partial charge in [0.1, 0.15) is 22.4 Å². The summed E-state index contributed by atoms with van der Waals surface area (Å²) in [6, 6.07) is 5.93. The van der Waals surface area contributed by atoms with Gasteiger partial charge >= 0.3 is 65.8 Å². The maximum Gasteiger partial charge on any atom is 1.00 e. The molecule has 0 atom stereocenters. The topological polar surface area (TPSA) is 390 Å². The molecule has 125 heavy (non-hydrogen) atoms. The number of aromatic nitrogens is 8. The third kappa shape index (κ3) is 33.4. The van der Waals surface area contributed by atoms with Gasteiger partial charge in [0.25, 0.3) is 0 Å². The summed E-state index contributed by atoms with van der Waals surface area (Å²) in [6.45, 7) is 32.6. The third-order valence-corrected chi connectivity index (χ3v) is 27.0. The van der Waals surface area contributed by atoms with Crippen molar-refractivity contribution in [2.75, 3.05) is 157 Å². The molecule has 0 bridgehead atoms. The predicted molar refractivity (Wildman–Crippen MR) is 491 cm³/mol. The fraction of sp³-hybridized carbons (Fsp3) is 0.545. The molecule has 8 aromatic rings. The van der Waals surface area contributed by atoms with Gasteiger partial charge in [-0.2, -0.15) is 0 Å². The van der Waals surface area contributed by atoms with Crippen LogP contribution in [-0.4, -0.2) is 260 Å². The van der Waals surface area contributed by atoms with Crippen molar-refractivity contribution >= 4 is 192 Å². The van der Waals surface area contributed by atoms with E-state index in [0.29, 0.717) is 113 Å². The second-order valence-electron chi connectivity index (χ2n) is 28.5. The van der Waals surface area contributed by atoms with Gasteiger partial charge in [0.2, 0.25) is 72.5 Å². The second kappa shape index (κ2) is 51.9. The fourth-order valence-corrected chi connectivity index (χ4v) is 18.7. The van der Waals surface area contributed by atoms with Gasteiger partial charge in [0.15, 0.2) is 19.7 Å². The van der Waals surface area contributed by atoms with Gasteiger partial charge in [-0.1, -0.05) is 41.7 Å². The normalized spacial score (nSPS) is 14.6. The standard InChI is InChI=1S/C20H22BrN5O5S2.C19H21BrN4O4S2.C14H22BNO5S.C9H11BF2N2O4S.C6H15N.C5H10O.C2H3ClO.2CH4.FH.K/c1-11-15(21)17-18(32-11)16(23-20(24-17)25-5-7-31-8-6-25)13-9-14(19(30-3)22-10-13)26(12(2)27)33(4,28)29;1-11-14(20)16-17(29-11)15(22-19(23-16)24-4-6-28-7-5-24)12-8-13(10-30(3,25)26)18(27-2)21-9-12;1-13(2)14(3,4)21-15(20-13)11-7-10(9-22(6,17)18)12(19-5)16-8-11;1-6(15)14(19(3,16)17)8-4-7(10(11)12)5-13-9(8)18-2;1-4-7(5-2)6-3;1-2-4-6-5-3-1;1-2(3)4;;;;/h9-10H,5-8H2,1-4H3;8-9H,4-7,10H2,1-3H3;7-8H,9H2,1-6H3;4-5H,1-3H3;4-6H2,1-3H3;1-5H2;1H3;2*1H4;1H;/q;;;;;;;;;;+1/p-1. The smallest absolute Gasteiger partial charge is 1.00 e. The maximum absolute atomic E-state index is 12.6. The van der Waals surface area contributed by atoms with Crippen molar-refractivity contribution in [3.63, 3.8) is 0 Å². The van der Waals surface area contributed by atoms with Crippen molar-refractivity contribution in [3.8, 4) is 46.0 Å². The molecule has 0 unspecified atom stereocenters. The van der Waals surface area contributed by atoms with E-state index in [4.69, 9.17) is 62.4 Å². The number of sulfone groups is 2. The molecule has 690 valence electrons. The predicted octanol–water partition coefficient (Wildman–Crippen LogP) is 5.75. The number of anilines is 4. The quantitative estimate of drug-likeness (QED) is 0.0610. The van der Waals surface area contributed by atoms with Crippen LogP contribution in [-0.2, 0) is 89.1 Å². The van der Waals surface area contributed by atoms with Crippen LogP contribution in [0.3, 0.4) is 0 Å². The molecular weight excluding hydrogens is 1930 g/mol. The summed E-state index contributed by atoms with van der Waals surface area (Å²) in [6.07, 6.45) is 13.7. The minimum atomic E-state index is -3.97. The van der Waals surface area contributed by atoms with Crippen LogP contribution in [0.5, 0.6) is 23.5 Å². The summed E-state index contributed by atoms with van der Waals surface area (Å²) in [7, 11) is -12.3. The first kappa shape index (κ1) is 116. The Morgan fingerprint density at radius 2 is 0.896 bits per heavy atom. The van der Waals surface area contributed by atoms with Crippen molar-refractivity contribution in [2.24, 2.45) is 0 Å². The molecule has 12 rings (SSSR count). The van der Waals surface area contributed by atoms with Gasteiger partial charge in [-0.05, 0) is 142 Å². The van der Waals surface area contributed by atoms with E-state index < -0.39 is 82.6 Å². The SMILES string of the molecule is C.C.C1CCOCC1.CC(=O)Cl.CCN(CC)CC.COc1ncc(-c2nc(N3CCOCC3)nc3c(Br)c(C)sc23)cc1CS(C)(=O)=O.COc1ncc(-c2nc(N3CCOCC3)nc3c(Br)c(C)sc23)cc1N(C(C)=O)S(C)(=O)=O.COc1ncc(B(F)F)cc1N(C(C)=O)S(C)(=O)=O.COc1ncc(B2OC(C)(C)C(C)(C)O2)cc1CS(C)(=O)=O.[F-].[K+]. The Bertz CT molecular complexity index is 5370. The van der Waals surface area contributed by atoms with Gasteiger partial charge in [-0.15, -0.1) is 22.7 Å².